The zero-order valence-electron chi connectivity index (χ0n) is 19.7. The fourth-order valence-electron chi connectivity index (χ4n) is 6.36. The summed E-state index contributed by atoms with van der Waals surface area (Å²) in [4.78, 5) is 0. The molecule has 0 spiro atoms. The van der Waals surface area contributed by atoms with E-state index in [9.17, 15) is 4.39 Å². The highest BCUT2D eigenvalue weighted by Crippen LogP contribution is 2.47. The Morgan fingerprint density at radius 3 is 2.64 bits per heavy atom. The third kappa shape index (κ3) is 4.09. The molecular weight excluding hydrogens is 409 g/mol. The molecule has 33 heavy (non-hydrogen) atoms. The molecule has 1 unspecified atom stereocenters. The molecule has 0 radical (unpaired) electrons. The molecule has 1 atom stereocenters. The van der Waals surface area contributed by atoms with E-state index in [1.807, 2.05) is 6.08 Å². The molecule has 2 fully saturated rings. The van der Waals surface area contributed by atoms with Gasteiger partial charge in [0, 0.05) is 34.1 Å². The maximum Gasteiger partial charge on any atom is 0.119 e. The van der Waals surface area contributed by atoms with Gasteiger partial charge in [-0.1, -0.05) is 37.5 Å². The fourth-order valence-corrected chi connectivity index (χ4v) is 6.36. The normalized spacial score (nSPS) is 25.6. The van der Waals surface area contributed by atoms with Crippen molar-refractivity contribution in [3.8, 4) is 0 Å². The minimum absolute atomic E-state index is 0.101. The number of rotatable bonds is 6. The lowest BCUT2D eigenvalue weighted by Crippen LogP contribution is -2.26. The number of hydrogen-bond donors (Lipinski definition) is 2. The quantitative estimate of drug-likeness (QED) is 0.266. The second kappa shape index (κ2) is 8.96. The van der Waals surface area contributed by atoms with E-state index in [-0.39, 0.29) is 11.9 Å². The standard InChI is InChI=1S/C29H36FN3/c1-18(2)21-12-19(13-21)14-26-25-16-27(32)22(17-31)15-28(25)33(24-10-8-23(30)9-11-24)29(26)20-6-4-3-5-7-20/h8-10,15-17,19-21,24,31H,1,3-7,11-14,32H2,2H3. The third-order valence-corrected chi connectivity index (χ3v) is 8.29. The smallest absolute Gasteiger partial charge is 0.119 e. The summed E-state index contributed by atoms with van der Waals surface area (Å²) in [5, 5.41) is 9.11. The molecule has 1 aromatic heterocycles. The highest BCUT2D eigenvalue weighted by molar-refractivity contribution is 5.97. The summed E-state index contributed by atoms with van der Waals surface area (Å²) in [6.07, 6.45) is 17.2. The van der Waals surface area contributed by atoms with Crippen molar-refractivity contribution in [2.75, 3.05) is 5.73 Å². The molecule has 174 valence electrons. The van der Waals surface area contributed by atoms with E-state index < -0.39 is 0 Å². The van der Waals surface area contributed by atoms with E-state index >= 15 is 0 Å². The van der Waals surface area contributed by atoms with E-state index in [2.05, 4.69) is 30.2 Å². The average Bonchev–Trinajstić information content (AvgIpc) is 3.09. The molecular formula is C29H36FN3. The van der Waals surface area contributed by atoms with Gasteiger partial charge in [0.25, 0.3) is 0 Å². The number of fused-ring (bicyclic) bond motifs is 1. The van der Waals surface area contributed by atoms with Crippen LogP contribution in [0.3, 0.4) is 0 Å². The Morgan fingerprint density at radius 2 is 2.00 bits per heavy atom. The number of nitrogen functional groups attached to an aromatic ring is 1. The maximum atomic E-state index is 13.9. The van der Waals surface area contributed by atoms with Crippen LogP contribution in [-0.4, -0.2) is 10.8 Å². The monoisotopic (exact) mass is 445 g/mol. The zero-order chi connectivity index (χ0) is 23.1. The van der Waals surface area contributed by atoms with Gasteiger partial charge in [-0.2, -0.15) is 0 Å². The second-order valence-corrected chi connectivity index (χ2v) is 10.5. The van der Waals surface area contributed by atoms with Gasteiger partial charge in [0.2, 0.25) is 0 Å². The van der Waals surface area contributed by atoms with Gasteiger partial charge in [0.15, 0.2) is 0 Å². The first-order valence-electron chi connectivity index (χ1n) is 12.6. The Hall–Kier alpha value is -2.62. The highest BCUT2D eigenvalue weighted by Gasteiger charge is 2.34. The molecule has 0 bridgehead atoms. The van der Waals surface area contributed by atoms with Crippen LogP contribution in [-0.2, 0) is 6.42 Å². The van der Waals surface area contributed by atoms with Crippen molar-refractivity contribution in [2.24, 2.45) is 11.8 Å². The third-order valence-electron chi connectivity index (χ3n) is 8.29. The zero-order valence-corrected chi connectivity index (χ0v) is 19.7. The van der Waals surface area contributed by atoms with Gasteiger partial charge in [-0.25, -0.2) is 4.39 Å². The van der Waals surface area contributed by atoms with E-state index in [4.69, 9.17) is 11.1 Å². The predicted octanol–water partition coefficient (Wildman–Crippen LogP) is 7.77. The number of aromatic nitrogens is 1. The van der Waals surface area contributed by atoms with Gasteiger partial charge < -0.3 is 15.7 Å². The highest BCUT2D eigenvalue weighted by atomic mass is 19.1. The van der Waals surface area contributed by atoms with Crippen molar-refractivity contribution in [1.82, 2.24) is 4.57 Å². The number of benzene rings is 1. The van der Waals surface area contributed by atoms with Crippen LogP contribution in [0.4, 0.5) is 10.1 Å². The van der Waals surface area contributed by atoms with Crippen molar-refractivity contribution in [3.63, 3.8) is 0 Å². The Bertz CT molecular complexity index is 1140. The first kappa shape index (κ1) is 22.2. The van der Waals surface area contributed by atoms with E-state index in [1.165, 1.54) is 73.4 Å². The van der Waals surface area contributed by atoms with Crippen LogP contribution in [0.25, 0.3) is 10.9 Å². The molecule has 5 rings (SSSR count). The summed E-state index contributed by atoms with van der Waals surface area (Å²) in [5.41, 5.74) is 13.2. The number of nitrogens with one attached hydrogen (secondary N) is 1. The minimum Gasteiger partial charge on any atom is -0.398 e. The van der Waals surface area contributed by atoms with E-state index in [0.29, 0.717) is 29.9 Å². The largest absolute Gasteiger partial charge is 0.398 e. The Kier molecular flexibility index (Phi) is 6.03. The number of allylic oxidation sites excluding steroid dienone is 5. The minimum atomic E-state index is -0.146. The lowest BCUT2D eigenvalue weighted by molar-refractivity contribution is 0.226. The molecule has 3 nitrogen and oxygen atoms in total. The first-order chi connectivity index (χ1) is 16.0. The lowest BCUT2D eigenvalue weighted by Gasteiger charge is -2.37. The number of nitrogens with zero attached hydrogens (tertiary/aromatic N) is 1. The van der Waals surface area contributed by atoms with Crippen LogP contribution >= 0.6 is 0 Å². The van der Waals surface area contributed by atoms with Gasteiger partial charge in [0.05, 0.1) is 6.04 Å². The van der Waals surface area contributed by atoms with Crippen LogP contribution in [0.2, 0.25) is 0 Å². The number of hydrogen-bond acceptors (Lipinski definition) is 2. The van der Waals surface area contributed by atoms with Crippen molar-refractivity contribution in [2.45, 2.75) is 76.7 Å². The van der Waals surface area contributed by atoms with Gasteiger partial charge >= 0.3 is 0 Å². The second-order valence-electron chi connectivity index (χ2n) is 10.5. The number of anilines is 1. The topological polar surface area (TPSA) is 54.8 Å². The summed E-state index contributed by atoms with van der Waals surface area (Å²) in [6, 6.07) is 4.29. The summed E-state index contributed by atoms with van der Waals surface area (Å²) in [5.74, 6) is 1.72. The summed E-state index contributed by atoms with van der Waals surface area (Å²) in [7, 11) is 0. The van der Waals surface area contributed by atoms with Crippen molar-refractivity contribution in [1.29, 1.82) is 5.41 Å². The predicted molar refractivity (Wildman–Crippen MR) is 137 cm³/mol. The molecule has 1 heterocycles. The van der Waals surface area contributed by atoms with Gasteiger partial charge in [-0.3, -0.25) is 0 Å². The average molecular weight is 446 g/mol. The maximum absolute atomic E-state index is 13.9. The Morgan fingerprint density at radius 1 is 1.24 bits per heavy atom. The molecule has 0 saturated heterocycles. The SMILES string of the molecule is C=C(C)C1CC(Cc2c(C3CCCCC3)n(C3C=CC(F)=CC3)c3cc(C=N)c(N)cc23)C1. The van der Waals surface area contributed by atoms with Gasteiger partial charge in [-0.15, -0.1) is 0 Å². The van der Waals surface area contributed by atoms with Crippen LogP contribution in [0.15, 0.2) is 48.3 Å². The van der Waals surface area contributed by atoms with Crippen LogP contribution in [0.5, 0.6) is 0 Å². The van der Waals surface area contributed by atoms with Crippen LogP contribution in [0.1, 0.15) is 87.1 Å². The molecule has 1 aromatic carbocycles. The fraction of sp³-hybridized carbons (Fsp3) is 0.483. The molecule has 0 aliphatic heterocycles. The van der Waals surface area contributed by atoms with Crippen molar-refractivity contribution >= 4 is 22.8 Å². The van der Waals surface area contributed by atoms with Crippen molar-refractivity contribution < 1.29 is 4.39 Å². The van der Waals surface area contributed by atoms with E-state index in [1.54, 1.807) is 12.2 Å². The number of nitrogens with two attached hydrogens (primary N) is 1. The molecule has 3 aliphatic rings. The Balaban J connectivity index is 1.67. The van der Waals surface area contributed by atoms with Gasteiger partial charge in [0.1, 0.15) is 5.83 Å². The Labute approximate surface area is 196 Å². The lowest BCUT2D eigenvalue weighted by atomic mass is 9.69. The van der Waals surface area contributed by atoms with Gasteiger partial charge in [-0.05, 0) is 93.1 Å². The summed E-state index contributed by atoms with van der Waals surface area (Å²) < 4.78 is 16.3. The molecule has 3 aliphatic carbocycles. The van der Waals surface area contributed by atoms with E-state index in [0.717, 1.165) is 17.5 Å². The van der Waals surface area contributed by atoms with Crippen LogP contribution in [0, 0.1) is 17.2 Å². The molecule has 4 heteroatoms. The van der Waals surface area contributed by atoms with Crippen molar-refractivity contribution in [3.05, 3.63) is 65.2 Å². The molecule has 2 saturated carbocycles. The first-order valence-corrected chi connectivity index (χ1v) is 12.6. The summed E-state index contributed by atoms with van der Waals surface area (Å²) >= 11 is 0. The molecule has 3 N–H and O–H groups in total. The molecule has 2 aromatic rings. The molecule has 0 amide bonds. The van der Waals surface area contributed by atoms with Crippen LogP contribution < -0.4 is 5.73 Å². The summed E-state index contributed by atoms with van der Waals surface area (Å²) in [6.45, 7) is 6.33. The number of halogens is 1.